The number of aromatic nitrogens is 1. The van der Waals surface area contributed by atoms with Gasteiger partial charge in [0.05, 0.1) is 25.3 Å². The van der Waals surface area contributed by atoms with Gasteiger partial charge in [-0.1, -0.05) is 17.3 Å². The van der Waals surface area contributed by atoms with Gasteiger partial charge in [0.1, 0.15) is 11.5 Å². The van der Waals surface area contributed by atoms with Crippen molar-refractivity contribution in [2.75, 3.05) is 26.7 Å². The van der Waals surface area contributed by atoms with E-state index in [-0.39, 0.29) is 5.91 Å². The van der Waals surface area contributed by atoms with Crippen molar-refractivity contribution in [3.63, 3.8) is 0 Å². The third-order valence-electron chi connectivity index (χ3n) is 6.86. The fourth-order valence-electron chi connectivity index (χ4n) is 5.60. The lowest BCUT2D eigenvalue weighted by Crippen LogP contribution is -2.60. The topological polar surface area (TPSA) is 58.8 Å². The molecule has 148 valence electrons. The maximum Gasteiger partial charge on any atom is 0.230 e. The molecule has 0 saturated carbocycles. The Morgan fingerprint density at radius 2 is 1.96 bits per heavy atom. The van der Waals surface area contributed by atoms with Crippen molar-refractivity contribution < 1.29 is 14.1 Å². The maximum atomic E-state index is 13.2. The Hall–Kier alpha value is -2.34. The first kappa shape index (κ1) is 17.7. The number of benzene rings is 1. The highest BCUT2D eigenvalue weighted by Crippen LogP contribution is 2.46. The number of ether oxygens (including phenoxy) is 1. The molecule has 1 amide bonds. The molecule has 1 aromatic heterocycles. The second kappa shape index (κ2) is 6.92. The summed E-state index contributed by atoms with van der Waals surface area (Å²) in [5.74, 6) is 2.65. The Morgan fingerprint density at radius 3 is 2.61 bits per heavy atom. The summed E-state index contributed by atoms with van der Waals surface area (Å²) in [5, 5.41) is 3.93. The van der Waals surface area contributed by atoms with Crippen LogP contribution in [-0.4, -0.2) is 59.7 Å². The molecule has 4 saturated heterocycles. The van der Waals surface area contributed by atoms with E-state index in [0.717, 1.165) is 31.1 Å². The number of piperidine rings is 3. The number of nitrogens with zero attached hydrogens (tertiary/aromatic N) is 3. The summed E-state index contributed by atoms with van der Waals surface area (Å²) < 4.78 is 10.6. The van der Waals surface area contributed by atoms with Crippen LogP contribution in [0.15, 0.2) is 34.9 Å². The van der Waals surface area contributed by atoms with Crippen LogP contribution in [0.5, 0.6) is 5.75 Å². The van der Waals surface area contributed by atoms with E-state index in [1.54, 1.807) is 7.11 Å². The highest BCUT2D eigenvalue weighted by molar-refractivity contribution is 5.79. The minimum atomic E-state index is 0.163. The second-order valence-electron chi connectivity index (χ2n) is 8.39. The Bertz CT molecular complexity index is 854. The Balaban J connectivity index is 1.43. The zero-order valence-electron chi connectivity index (χ0n) is 16.5. The van der Waals surface area contributed by atoms with E-state index in [0.29, 0.717) is 36.1 Å². The average molecular weight is 381 g/mol. The molecule has 0 aliphatic carbocycles. The SMILES string of the molecule is COc1ccc([C@H]2CN(C(=O)Cc3cc(C)no3)[C@H]3C4CCN(CC4)[C@@H]23)cc1. The number of methoxy groups -OCH3 is 1. The van der Waals surface area contributed by atoms with Crippen LogP contribution >= 0.6 is 0 Å². The van der Waals surface area contributed by atoms with Crippen molar-refractivity contribution in [1.82, 2.24) is 15.0 Å². The van der Waals surface area contributed by atoms with Crippen LogP contribution in [0.1, 0.15) is 35.8 Å². The Morgan fingerprint density at radius 1 is 1.21 bits per heavy atom. The van der Waals surface area contributed by atoms with Crippen LogP contribution in [0.4, 0.5) is 0 Å². The second-order valence-corrected chi connectivity index (χ2v) is 8.39. The zero-order chi connectivity index (χ0) is 19.3. The molecule has 4 aliphatic heterocycles. The largest absolute Gasteiger partial charge is 0.497 e. The fraction of sp³-hybridized carbons (Fsp3) is 0.545. The first-order chi connectivity index (χ1) is 13.6. The number of hydrogen-bond acceptors (Lipinski definition) is 5. The smallest absolute Gasteiger partial charge is 0.230 e. The van der Waals surface area contributed by atoms with Gasteiger partial charge < -0.3 is 14.2 Å². The molecule has 1 aromatic carbocycles. The predicted octanol–water partition coefficient (Wildman–Crippen LogP) is 2.62. The third kappa shape index (κ3) is 2.91. The van der Waals surface area contributed by atoms with Crippen molar-refractivity contribution in [2.45, 2.75) is 44.2 Å². The molecule has 2 aromatic rings. The molecule has 2 bridgehead atoms. The van der Waals surface area contributed by atoms with Crippen LogP contribution in [0, 0.1) is 12.8 Å². The number of hydrogen-bond donors (Lipinski definition) is 0. The number of fused-ring (bicyclic) bond motifs is 2. The van der Waals surface area contributed by atoms with Crippen LogP contribution in [0.3, 0.4) is 0 Å². The number of amides is 1. The quantitative estimate of drug-likeness (QED) is 0.815. The molecule has 6 nitrogen and oxygen atoms in total. The van der Waals surface area contributed by atoms with E-state index in [9.17, 15) is 4.79 Å². The third-order valence-corrected chi connectivity index (χ3v) is 6.86. The van der Waals surface area contributed by atoms with Gasteiger partial charge in [0.15, 0.2) is 0 Å². The van der Waals surface area contributed by atoms with Crippen LogP contribution in [0.2, 0.25) is 0 Å². The lowest BCUT2D eigenvalue weighted by atomic mass is 9.75. The van der Waals surface area contributed by atoms with Gasteiger partial charge in [-0.3, -0.25) is 9.69 Å². The number of likely N-dealkylation sites (tertiary alicyclic amines) is 1. The summed E-state index contributed by atoms with van der Waals surface area (Å²) in [4.78, 5) is 18.0. The molecule has 0 N–H and O–H groups in total. The van der Waals surface area contributed by atoms with E-state index >= 15 is 0 Å². The summed E-state index contributed by atoms with van der Waals surface area (Å²) >= 11 is 0. The monoisotopic (exact) mass is 381 g/mol. The van der Waals surface area contributed by atoms with Gasteiger partial charge in [0, 0.05) is 24.6 Å². The minimum Gasteiger partial charge on any atom is -0.497 e. The molecule has 3 atom stereocenters. The highest BCUT2D eigenvalue weighted by Gasteiger charge is 2.54. The Labute approximate surface area is 165 Å². The van der Waals surface area contributed by atoms with Gasteiger partial charge in [0.2, 0.25) is 5.91 Å². The Kier molecular flexibility index (Phi) is 4.38. The fourth-order valence-corrected chi connectivity index (χ4v) is 5.60. The van der Waals surface area contributed by atoms with Crippen LogP contribution in [0.25, 0.3) is 0 Å². The minimum absolute atomic E-state index is 0.163. The standard InChI is InChI=1S/C22H27N3O3/c1-14-11-18(28-23-14)12-20(26)25-13-19(15-3-5-17(27-2)6-4-15)22-21(25)16-7-9-24(22)10-8-16/h3-6,11,16,19,21-22H,7-10,12-13H2,1-2H3/t19-,21+,22+/m1/s1. The van der Waals surface area contributed by atoms with E-state index in [1.165, 1.54) is 18.4 Å². The van der Waals surface area contributed by atoms with Crippen LogP contribution < -0.4 is 4.74 Å². The molecule has 28 heavy (non-hydrogen) atoms. The highest BCUT2D eigenvalue weighted by atomic mass is 16.5. The number of carbonyl (C=O) groups is 1. The van der Waals surface area contributed by atoms with Crippen molar-refractivity contribution in [1.29, 1.82) is 0 Å². The summed E-state index contributed by atoms with van der Waals surface area (Å²) in [7, 11) is 1.69. The zero-order valence-corrected chi connectivity index (χ0v) is 16.5. The molecule has 4 fully saturated rings. The molecule has 4 aliphatic rings. The van der Waals surface area contributed by atoms with Gasteiger partial charge >= 0.3 is 0 Å². The number of rotatable bonds is 4. The van der Waals surface area contributed by atoms with Gasteiger partial charge in [-0.25, -0.2) is 0 Å². The molecule has 0 radical (unpaired) electrons. The van der Waals surface area contributed by atoms with E-state index < -0.39 is 0 Å². The van der Waals surface area contributed by atoms with Gasteiger partial charge in [-0.2, -0.15) is 0 Å². The van der Waals surface area contributed by atoms with Gasteiger partial charge in [-0.15, -0.1) is 0 Å². The average Bonchev–Trinajstić information content (AvgIpc) is 3.34. The van der Waals surface area contributed by atoms with Gasteiger partial charge in [0.25, 0.3) is 0 Å². The molecular formula is C22H27N3O3. The van der Waals surface area contributed by atoms with E-state index in [2.05, 4.69) is 27.1 Å². The van der Waals surface area contributed by atoms with E-state index in [4.69, 9.17) is 9.26 Å². The van der Waals surface area contributed by atoms with Crippen molar-refractivity contribution >= 4 is 5.91 Å². The molecule has 6 rings (SSSR count). The molecule has 5 heterocycles. The summed E-state index contributed by atoms with van der Waals surface area (Å²) in [6.07, 6.45) is 2.69. The van der Waals surface area contributed by atoms with Crippen molar-refractivity contribution in [2.24, 2.45) is 5.92 Å². The number of aryl methyl sites for hydroxylation is 1. The van der Waals surface area contributed by atoms with Crippen LogP contribution in [-0.2, 0) is 11.2 Å². The predicted molar refractivity (Wildman–Crippen MR) is 104 cm³/mol. The van der Waals surface area contributed by atoms with Crippen molar-refractivity contribution in [3.8, 4) is 5.75 Å². The lowest BCUT2D eigenvalue weighted by molar-refractivity contribution is -0.135. The normalized spacial score (nSPS) is 31.1. The molecule has 0 unspecified atom stereocenters. The maximum absolute atomic E-state index is 13.2. The summed E-state index contributed by atoms with van der Waals surface area (Å²) in [6.45, 7) is 4.97. The first-order valence-corrected chi connectivity index (χ1v) is 10.2. The molecule has 6 heteroatoms. The van der Waals surface area contributed by atoms with E-state index in [1.807, 2.05) is 25.1 Å². The van der Waals surface area contributed by atoms with Gasteiger partial charge in [-0.05, 0) is 56.5 Å². The number of carbonyl (C=O) groups excluding carboxylic acids is 1. The van der Waals surface area contributed by atoms with Crippen molar-refractivity contribution in [3.05, 3.63) is 47.3 Å². The summed E-state index contributed by atoms with van der Waals surface area (Å²) in [6, 6.07) is 11.0. The lowest BCUT2D eigenvalue weighted by Gasteiger charge is -2.51. The first-order valence-electron chi connectivity index (χ1n) is 10.2. The molecule has 0 spiro atoms. The molecular weight excluding hydrogens is 354 g/mol. The summed E-state index contributed by atoms with van der Waals surface area (Å²) in [5.41, 5.74) is 2.12.